The summed E-state index contributed by atoms with van der Waals surface area (Å²) >= 11 is 34.4. The van der Waals surface area contributed by atoms with E-state index >= 15 is 0 Å². The first-order valence-corrected chi connectivity index (χ1v) is 16.1. The third-order valence-electron chi connectivity index (χ3n) is 1.28. The molecule has 0 N–H and O–H groups in total. The maximum Gasteiger partial charge on any atom is 0.365 e. The van der Waals surface area contributed by atoms with E-state index in [0.717, 1.165) is 0 Å². The van der Waals surface area contributed by atoms with Crippen LogP contribution in [0.15, 0.2) is 22.8 Å². The summed E-state index contributed by atoms with van der Waals surface area (Å²) in [5, 5.41) is 0. The lowest BCUT2D eigenvalue weighted by atomic mass is 11.2. The van der Waals surface area contributed by atoms with Crippen LogP contribution in [-0.2, 0) is 4.74 Å². The van der Waals surface area contributed by atoms with E-state index in [-0.39, 0.29) is 0 Å². The van der Waals surface area contributed by atoms with Crippen molar-refractivity contribution in [2.24, 2.45) is 0 Å². The highest BCUT2D eigenvalue weighted by Crippen LogP contribution is 2.22. The molecule has 0 aromatic carbocycles. The van der Waals surface area contributed by atoms with E-state index in [9.17, 15) is 0 Å². The molecule has 16 heavy (non-hydrogen) atoms. The largest absolute Gasteiger partial charge is 0.387 e. The number of methoxy groups -OCH3 is 1. The van der Waals surface area contributed by atoms with Crippen LogP contribution in [0.25, 0.3) is 0 Å². The average molecular weight is 394 g/mol. The molecule has 0 aromatic rings. The molecule has 1 radical (unpaired) electrons. The molecule has 0 atom stereocenters. The van der Waals surface area contributed by atoms with Crippen molar-refractivity contribution >= 4 is 87.3 Å². The molecule has 0 rings (SSSR count). The second-order valence-electron chi connectivity index (χ2n) is 2.76. The van der Waals surface area contributed by atoms with Gasteiger partial charge in [-0.1, -0.05) is 22.8 Å². The van der Waals surface area contributed by atoms with Crippen molar-refractivity contribution in [3.63, 3.8) is 0 Å². The summed E-state index contributed by atoms with van der Waals surface area (Å²) < 4.78 is 5.05. The predicted molar refractivity (Wildman–Crippen MR) is 82.5 cm³/mol. The minimum absolute atomic E-state index is 0.544. The van der Waals surface area contributed by atoms with Crippen molar-refractivity contribution in [2.75, 3.05) is 13.3 Å². The Balaban J connectivity index is 4.51. The van der Waals surface area contributed by atoms with Gasteiger partial charge >= 0.3 is 12.0 Å². The summed E-state index contributed by atoms with van der Waals surface area (Å²) in [6, 6.07) is -5.48. The fourth-order valence-electron chi connectivity index (χ4n) is 0.722. The lowest BCUT2D eigenvalue weighted by molar-refractivity contribution is 0.250. The van der Waals surface area contributed by atoms with Crippen LogP contribution in [0.3, 0.4) is 0 Å². The zero-order valence-corrected chi connectivity index (χ0v) is 15.7. The van der Waals surface area contributed by atoms with Gasteiger partial charge in [-0.2, -0.15) is 0 Å². The van der Waals surface area contributed by atoms with Crippen molar-refractivity contribution in [1.82, 2.24) is 0 Å². The topological polar surface area (TPSA) is 9.23 Å². The van der Waals surface area contributed by atoms with Gasteiger partial charge in [0.1, 0.15) is 8.80 Å². The Morgan fingerprint density at radius 3 is 1.56 bits per heavy atom. The van der Waals surface area contributed by atoms with E-state index in [0.29, 0.717) is 6.23 Å². The molecule has 0 heterocycles. The molecule has 0 amide bonds. The molecule has 0 aromatic heterocycles. The van der Waals surface area contributed by atoms with Crippen molar-refractivity contribution in [1.29, 1.82) is 0 Å². The average Bonchev–Trinajstić information content (AvgIpc) is 2.07. The fourth-order valence-corrected chi connectivity index (χ4v) is 7.98. The Labute approximate surface area is 127 Å². The molecule has 0 spiro atoms. The van der Waals surface area contributed by atoms with Gasteiger partial charge in [0, 0.05) is 13.3 Å². The van der Waals surface area contributed by atoms with E-state index in [4.69, 9.17) is 71.2 Å². The molecule has 0 aliphatic rings. The monoisotopic (exact) mass is 391 g/mol. The minimum Gasteiger partial charge on any atom is -0.387 e. The summed E-state index contributed by atoms with van der Waals surface area (Å²) in [6.45, 7) is 0. The molecule has 0 fully saturated rings. The molecule has 0 unspecified atom stereocenters. The highest BCUT2D eigenvalue weighted by molar-refractivity contribution is 7.67. The molecule has 93 valence electrons. The summed E-state index contributed by atoms with van der Waals surface area (Å²) in [7, 11) is 0.521. The van der Waals surface area contributed by atoms with Gasteiger partial charge in [0.2, 0.25) is 0 Å². The SMILES string of the molecule is COC[Si](C=C[Si](Cl)(Cl)Cl)C=C[Si](Cl)(Cl)Cl. The first-order valence-electron chi connectivity index (χ1n) is 4.01. The van der Waals surface area contributed by atoms with Gasteiger partial charge in [-0.3, -0.25) is 0 Å². The first kappa shape index (κ1) is 17.8. The zero-order valence-electron chi connectivity index (χ0n) is 8.19. The Morgan fingerprint density at radius 1 is 0.938 bits per heavy atom. The van der Waals surface area contributed by atoms with Gasteiger partial charge in [0.15, 0.2) is 0 Å². The van der Waals surface area contributed by atoms with E-state index in [1.54, 1.807) is 18.5 Å². The Kier molecular flexibility index (Phi) is 9.02. The van der Waals surface area contributed by atoms with Crippen LogP contribution in [0.4, 0.5) is 0 Å². The third-order valence-corrected chi connectivity index (χ3v) is 7.12. The van der Waals surface area contributed by atoms with Crippen molar-refractivity contribution < 1.29 is 4.74 Å². The van der Waals surface area contributed by atoms with E-state index < -0.39 is 20.8 Å². The molecule has 10 heteroatoms. The Hall–Kier alpha value is 1.83. The van der Waals surface area contributed by atoms with Crippen LogP contribution in [0, 0.1) is 0 Å². The molecule has 0 saturated carbocycles. The number of ether oxygens (including phenoxy) is 1. The van der Waals surface area contributed by atoms with Crippen LogP contribution >= 0.6 is 66.5 Å². The van der Waals surface area contributed by atoms with E-state index in [2.05, 4.69) is 0 Å². The molecule has 1 nitrogen and oxygen atoms in total. The summed E-state index contributed by atoms with van der Waals surface area (Å²) in [5.41, 5.74) is 6.95. The zero-order chi connectivity index (χ0) is 12.8. The van der Waals surface area contributed by atoms with Gasteiger partial charge < -0.3 is 4.74 Å². The number of hydrogen-bond donors (Lipinski definition) is 0. The second kappa shape index (κ2) is 8.09. The lowest BCUT2D eigenvalue weighted by Gasteiger charge is -2.07. The Morgan fingerprint density at radius 2 is 1.31 bits per heavy atom. The normalized spacial score (nSPS) is 14.5. The van der Waals surface area contributed by atoms with Gasteiger partial charge in [-0.25, -0.2) is 0 Å². The summed E-state index contributed by atoms with van der Waals surface area (Å²) in [6.07, 6.45) is 0.544. The van der Waals surface area contributed by atoms with Crippen molar-refractivity contribution in [2.45, 2.75) is 0 Å². The summed E-state index contributed by atoms with van der Waals surface area (Å²) in [4.78, 5) is 0. The van der Waals surface area contributed by atoms with Gasteiger partial charge in [0.05, 0.1) is 0 Å². The smallest absolute Gasteiger partial charge is 0.365 e. The van der Waals surface area contributed by atoms with Crippen LogP contribution in [0.5, 0.6) is 0 Å². The number of hydrogen-bond acceptors (Lipinski definition) is 1. The first-order chi connectivity index (χ1) is 7.14. The number of halogens is 6. The van der Waals surface area contributed by atoms with E-state index in [1.165, 1.54) is 0 Å². The predicted octanol–water partition coefficient (Wildman–Crippen LogP) is 4.25. The Bertz CT molecular complexity index is 234. The molecule has 0 aliphatic heterocycles. The fraction of sp³-hybridized carbons (Fsp3) is 0.333. The quantitative estimate of drug-likeness (QED) is 0.484. The standard InChI is InChI=1S/C6H9Cl6OSi3/c1-13-6-14(2-4-15(7,8)9)3-5-16(10,11)12/h2-5H,6H2,1H3. The molecular weight excluding hydrogens is 385 g/mol. The lowest BCUT2D eigenvalue weighted by Crippen LogP contribution is -2.19. The molecular formula is C6H9Cl6OSi3. The minimum atomic E-state index is -2.74. The van der Waals surface area contributed by atoms with Crippen LogP contribution in [-0.4, -0.2) is 34.1 Å². The van der Waals surface area contributed by atoms with Crippen molar-refractivity contribution in [3.05, 3.63) is 22.8 Å². The van der Waals surface area contributed by atoms with Crippen molar-refractivity contribution in [3.8, 4) is 0 Å². The van der Waals surface area contributed by atoms with Crippen LogP contribution in [0.1, 0.15) is 0 Å². The number of rotatable bonds is 6. The molecule has 0 aliphatic carbocycles. The van der Waals surface area contributed by atoms with Gasteiger partial charge in [-0.15, -0.1) is 66.5 Å². The highest BCUT2D eigenvalue weighted by atomic mass is 35.8. The van der Waals surface area contributed by atoms with Gasteiger partial charge in [0.25, 0.3) is 0 Å². The summed E-state index contributed by atoms with van der Waals surface area (Å²) in [5.74, 6) is 0. The highest BCUT2D eigenvalue weighted by Gasteiger charge is 2.23. The van der Waals surface area contributed by atoms with Crippen LogP contribution in [0.2, 0.25) is 0 Å². The second-order valence-corrected chi connectivity index (χ2v) is 21.9. The molecule has 0 saturated heterocycles. The maximum absolute atomic E-state index is 5.73. The van der Waals surface area contributed by atoms with Crippen LogP contribution < -0.4 is 0 Å². The van der Waals surface area contributed by atoms with Gasteiger partial charge in [-0.05, 0) is 0 Å². The third kappa shape index (κ3) is 12.3. The van der Waals surface area contributed by atoms with E-state index in [1.807, 2.05) is 11.4 Å². The molecule has 0 bridgehead atoms. The maximum atomic E-state index is 5.73.